The smallest absolute Gasteiger partial charge is 0.306 e. The van der Waals surface area contributed by atoms with Crippen LogP contribution in [-0.4, -0.2) is 36.7 Å². The fraction of sp³-hybridized carbons (Fsp3) is 0.857. The first-order chi connectivity index (χ1) is 9.08. The highest BCUT2D eigenvalue weighted by Crippen LogP contribution is 2.31. The summed E-state index contributed by atoms with van der Waals surface area (Å²) >= 11 is 0. The number of hydrogen-bond donors (Lipinski definition) is 2. The molecular formula is C14H25NO4. The van der Waals surface area contributed by atoms with Crippen LogP contribution < -0.4 is 5.32 Å². The molecule has 19 heavy (non-hydrogen) atoms. The van der Waals surface area contributed by atoms with E-state index in [4.69, 9.17) is 9.84 Å². The Morgan fingerprint density at radius 2 is 2.05 bits per heavy atom. The molecule has 1 saturated carbocycles. The van der Waals surface area contributed by atoms with Crippen LogP contribution in [0.2, 0.25) is 0 Å². The van der Waals surface area contributed by atoms with Crippen molar-refractivity contribution < 1.29 is 19.4 Å². The molecule has 0 bridgehead atoms. The summed E-state index contributed by atoms with van der Waals surface area (Å²) < 4.78 is 5.12. The zero-order valence-electron chi connectivity index (χ0n) is 11.9. The summed E-state index contributed by atoms with van der Waals surface area (Å²) in [5.74, 6) is -1.30. The molecule has 1 aliphatic rings. The Bertz CT molecular complexity index is 306. The number of hydrogen-bond acceptors (Lipinski definition) is 3. The predicted octanol–water partition coefficient (Wildman–Crippen LogP) is 1.81. The summed E-state index contributed by atoms with van der Waals surface area (Å²) in [6, 6.07) is 0.0429. The summed E-state index contributed by atoms with van der Waals surface area (Å²) in [6.07, 6.45) is 4.80. The first-order valence-corrected chi connectivity index (χ1v) is 7.10. The Morgan fingerprint density at radius 1 is 1.37 bits per heavy atom. The molecule has 1 unspecified atom stereocenters. The minimum absolute atomic E-state index is 0.0121. The van der Waals surface area contributed by atoms with Crippen LogP contribution in [0.1, 0.15) is 45.4 Å². The molecule has 0 aromatic carbocycles. The lowest BCUT2D eigenvalue weighted by Gasteiger charge is -2.20. The minimum atomic E-state index is -0.783. The third kappa shape index (κ3) is 5.19. The molecule has 1 aliphatic carbocycles. The first-order valence-electron chi connectivity index (χ1n) is 7.10. The fourth-order valence-corrected chi connectivity index (χ4v) is 2.61. The third-order valence-corrected chi connectivity index (χ3v) is 3.77. The van der Waals surface area contributed by atoms with Gasteiger partial charge >= 0.3 is 5.97 Å². The van der Waals surface area contributed by atoms with Crippen molar-refractivity contribution in [1.29, 1.82) is 0 Å². The number of rotatable bonds is 8. The summed E-state index contributed by atoms with van der Waals surface area (Å²) in [5.41, 5.74) is 0. The molecule has 0 spiro atoms. The molecule has 0 aromatic heterocycles. The van der Waals surface area contributed by atoms with Crippen molar-refractivity contribution in [2.45, 2.75) is 51.5 Å². The van der Waals surface area contributed by atoms with Crippen LogP contribution in [0.3, 0.4) is 0 Å². The van der Waals surface area contributed by atoms with E-state index in [0.29, 0.717) is 25.9 Å². The molecule has 0 aliphatic heterocycles. The second kappa shape index (κ2) is 8.15. The highest BCUT2D eigenvalue weighted by atomic mass is 16.5. The van der Waals surface area contributed by atoms with Crippen LogP contribution in [0.25, 0.3) is 0 Å². The summed E-state index contributed by atoms with van der Waals surface area (Å²) in [7, 11) is 1.63. The normalized spacial score (nSPS) is 24.1. The Hall–Kier alpha value is -1.10. The maximum Gasteiger partial charge on any atom is 0.306 e. The first kappa shape index (κ1) is 16.0. The van der Waals surface area contributed by atoms with Gasteiger partial charge in [0, 0.05) is 13.0 Å². The Balaban J connectivity index is 2.41. The van der Waals surface area contributed by atoms with Gasteiger partial charge in [0.05, 0.1) is 18.6 Å². The van der Waals surface area contributed by atoms with Gasteiger partial charge in [0.1, 0.15) is 0 Å². The van der Waals surface area contributed by atoms with E-state index >= 15 is 0 Å². The lowest BCUT2D eigenvalue weighted by atomic mass is 10.0. The van der Waals surface area contributed by atoms with Crippen LogP contribution in [0.15, 0.2) is 0 Å². The van der Waals surface area contributed by atoms with Gasteiger partial charge < -0.3 is 15.2 Å². The SMILES string of the molecule is CCCCC(COC)NC(=O)[C@@H]1CC[C@H](C(=O)O)C1. The molecule has 5 heteroatoms. The quantitative estimate of drug-likeness (QED) is 0.706. The van der Waals surface area contributed by atoms with Gasteiger partial charge in [0.25, 0.3) is 0 Å². The van der Waals surface area contributed by atoms with E-state index in [1.54, 1.807) is 7.11 Å². The average molecular weight is 271 g/mol. The van der Waals surface area contributed by atoms with Gasteiger partial charge in [-0.3, -0.25) is 9.59 Å². The van der Waals surface area contributed by atoms with Crippen LogP contribution in [0.5, 0.6) is 0 Å². The van der Waals surface area contributed by atoms with Crippen LogP contribution >= 0.6 is 0 Å². The van der Waals surface area contributed by atoms with Crippen LogP contribution in [-0.2, 0) is 14.3 Å². The van der Waals surface area contributed by atoms with Crippen molar-refractivity contribution >= 4 is 11.9 Å². The number of methoxy groups -OCH3 is 1. The van der Waals surface area contributed by atoms with E-state index in [0.717, 1.165) is 19.3 Å². The maximum absolute atomic E-state index is 12.1. The molecule has 0 radical (unpaired) electrons. The second-order valence-corrected chi connectivity index (χ2v) is 5.35. The van der Waals surface area contributed by atoms with Crippen molar-refractivity contribution in [3.63, 3.8) is 0 Å². The average Bonchev–Trinajstić information content (AvgIpc) is 2.86. The Labute approximate surface area is 114 Å². The van der Waals surface area contributed by atoms with Crippen molar-refractivity contribution in [2.75, 3.05) is 13.7 Å². The molecule has 3 atom stereocenters. The third-order valence-electron chi connectivity index (χ3n) is 3.77. The molecule has 110 valence electrons. The zero-order valence-corrected chi connectivity index (χ0v) is 11.9. The Morgan fingerprint density at radius 3 is 2.58 bits per heavy atom. The standard InChI is InChI=1S/C14H25NO4/c1-3-4-5-12(9-19-2)15-13(16)10-6-7-11(8-10)14(17)18/h10-12H,3-9H2,1-2H3,(H,15,16)(H,17,18)/t10-,11+,12?/m1/s1. The number of nitrogens with one attached hydrogen (secondary N) is 1. The van der Waals surface area contributed by atoms with Gasteiger partial charge in [0.2, 0.25) is 5.91 Å². The highest BCUT2D eigenvalue weighted by molar-refractivity contribution is 5.81. The molecule has 0 saturated heterocycles. The van der Waals surface area contributed by atoms with E-state index in [9.17, 15) is 9.59 Å². The fourth-order valence-electron chi connectivity index (χ4n) is 2.61. The van der Waals surface area contributed by atoms with E-state index < -0.39 is 5.97 Å². The number of carboxylic acid groups (broad SMARTS) is 1. The molecule has 1 fully saturated rings. The number of aliphatic carboxylic acids is 1. The van der Waals surface area contributed by atoms with E-state index in [1.165, 1.54) is 0 Å². The van der Waals surface area contributed by atoms with Gasteiger partial charge in [-0.25, -0.2) is 0 Å². The van der Waals surface area contributed by atoms with E-state index in [-0.39, 0.29) is 23.8 Å². The lowest BCUT2D eigenvalue weighted by Crippen LogP contribution is -2.41. The van der Waals surface area contributed by atoms with Gasteiger partial charge in [-0.1, -0.05) is 19.8 Å². The summed E-state index contributed by atoms with van der Waals surface area (Å²) in [6.45, 7) is 2.63. The molecule has 5 nitrogen and oxygen atoms in total. The topological polar surface area (TPSA) is 75.6 Å². The summed E-state index contributed by atoms with van der Waals surface area (Å²) in [5, 5.41) is 11.9. The summed E-state index contributed by atoms with van der Waals surface area (Å²) in [4.78, 5) is 23.0. The van der Waals surface area contributed by atoms with Crippen LogP contribution in [0.4, 0.5) is 0 Å². The van der Waals surface area contributed by atoms with Gasteiger partial charge in [-0.2, -0.15) is 0 Å². The maximum atomic E-state index is 12.1. The Kier molecular flexibility index (Phi) is 6.84. The zero-order chi connectivity index (χ0) is 14.3. The molecule has 1 rings (SSSR count). The van der Waals surface area contributed by atoms with E-state index in [2.05, 4.69) is 12.2 Å². The number of carboxylic acids is 1. The minimum Gasteiger partial charge on any atom is -0.481 e. The number of amides is 1. The lowest BCUT2D eigenvalue weighted by molar-refractivity contribution is -0.141. The van der Waals surface area contributed by atoms with Crippen molar-refractivity contribution in [2.24, 2.45) is 11.8 Å². The number of carbonyl (C=O) groups excluding carboxylic acids is 1. The number of unbranched alkanes of at least 4 members (excludes halogenated alkanes) is 1. The van der Waals surface area contributed by atoms with E-state index in [1.807, 2.05) is 0 Å². The largest absolute Gasteiger partial charge is 0.481 e. The highest BCUT2D eigenvalue weighted by Gasteiger charge is 2.34. The molecular weight excluding hydrogens is 246 g/mol. The van der Waals surface area contributed by atoms with Crippen molar-refractivity contribution in [3.05, 3.63) is 0 Å². The molecule has 0 aromatic rings. The monoisotopic (exact) mass is 271 g/mol. The van der Waals surface area contributed by atoms with Crippen molar-refractivity contribution in [3.8, 4) is 0 Å². The predicted molar refractivity (Wildman–Crippen MR) is 71.8 cm³/mol. The van der Waals surface area contributed by atoms with Gasteiger partial charge in [-0.15, -0.1) is 0 Å². The van der Waals surface area contributed by atoms with Crippen LogP contribution in [0, 0.1) is 11.8 Å². The second-order valence-electron chi connectivity index (χ2n) is 5.35. The van der Waals surface area contributed by atoms with Crippen molar-refractivity contribution in [1.82, 2.24) is 5.32 Å². The molecule has 0 heterocycles. The number of ether oxygens (including phenoxy) is 1. The van der Waals surface area contributed by atoms with Gasteiger partial charge in [0.15, 0.2) is 0 Å². The molecule has 2 N–H and O–H groups in total. The van der Waals surface area contributed by atoms with Gasteiger partial charge in [-0.05, 0) is 25.7 Å². The molecule has 1 amide bonds. The number of carbonyl (C=O) groups is 2.